The van der Waals surface area contributed by atoms with Gasteiger partial charge >= 0.3 is 0 Å². The van der Waals surface area contributed by atoms with Gasteiger partial charge in [-0.1, -0.05) is 12.8 Å². The van der Waals surface area contributed by atoms with Crippen LogP contribution in [0.5, 0.6) is 0 Å². The third-order valence-electron chi connectivity index (χ3n) is 1.71. The molecule has 0 aliphatic rings. The Balaban J connectivity index is 2.64. The molecule has 0 aromatic carbocycles. The van der Waals surface area contributed by atoms with Crippen molar-refractivity contribution in [1.29, 1.82) is 0 Å². The molecule has 0 bridgehead atoms. The smallest absolute Gasteiger partial charge is 0.288 e. The fourth-order valence-electron chi connectivity index (χ4n) is 0.927. The zero-order chi connectivity index (χ0) is 10.6. The third kappa shape index (κ3) is 2.54. The minimum Gasteiger partial charge on any atom is -0.440 e. The van der Waals surface area contributed by atoms with Crippen LogP contribution in [-0.2, 0) is 0 Å². The number of furan rings is 1. The number of carbonyl (C=O) groups excluding carboxylic acids is 1. The van der Waals surface area contributed by atoms with Gasteiger partial charge in [-0.2, -0.15) is 0 Å². The van der Waals surface area contributed by atoms with Crippen LogP contribution in [0.4, 0.5) is 0 Å². The van der Waals surface area contributed by atoms with E-state index in [2.05, 4.69) is 11.2 Å². The Kier molecular flexibility index (Phi) is 3.61. The van der Waals surface area contributed by atoms with Crippen LogP contribution in [0.25, 0.3) is 0 Å². The van der Waals surface area contributed by atoms with Crippen LogP contribution in [0.3, 0.4) is 0 Å². The zero-order valence-corrected chi connectivity index (χ0v) is 8.47. The van der Waals surface area contributed by atoms with E-state index in [0.29, 0.717) is 6.42 Å². The number of terminal acetylenes is 1. The Morgan fingerprint density at radius 3 is 2.93 bits per heavy atom. The number of carbonyl (C=O) groups is 1. The number of rotatable bonds is 3. The summed E-state index contributed by atoms with van der Waals surface area (Å²) in [5, 5.41) is 2.80. The van der Waals surface area contributed by atoms with Gasteiger partial charge in [0, 0.05) is 0 Å². The second-order valence-corrected chi connectivity index (χ2v) is 3.08. The minimum atomic E-state index is -0.346. The molecule has 1 N–H and O–H groups in total. The van der Waals surface area contributed by atoms with Crippen LogP contribution in [-0.4, -0.2) is 11.9 Å². The molecule has 1 heterocycles. The summed E-state index contributed by atoms with van der Waals surface area (Å²) in [4.78, 5) is 11.4. The summed E-state index contributed by atoms with van der Waals surface area (Å²) < 4.78 is 4.92. The van der Waals surface area contributed by atoms with E-state index in [9.17, 15) is 4.79 Å². The summed E-state index contributed by atoms with van der Waals surface area (Å²) in [5.41, 5.74) is 0. The molecule has 0 saturated heterocycles. The predicted octanol–water partition coefficient (Wildman–Crippen LogP) is 2.07. The van der Waals surface area contributed by atoms with Gasteiger partial charge in [-0.05, 0) is 30.2 Å². The van der Waals surface area contributed by atoms with Crippen molar-refractivity contribution in [3.63, 3.8) is 0 Å². The maximum absolute atomic E-state index is 11.4. The van der Waals surface area contributed by atoms with Gasteiger partial charge in [-0.25, -0.2) is 0 Å². The number of hydrogen-bond donors (Lipinski definition) is 1. The van der Waals surface area contributed by atoms with E-state index >= 15 is 0 Å². The molecular formula is C10H10ClNO2. The maximum atomic E-state index is 11.4. The zero-order valence-electron chi connectivity index (χ0n) is 7.71. The lowest BCUT2D eigenvalue weighted by Crippen LogP contribution is -2.32. The molecule has 14 heavy (non-hydrogen) atoms. The average molecular weight is 212 g/mol. The van der Waals surface area contributed by atoms with Crippen LogP contribution in [0.15, 0.2) is 16.5 Å². The van der Waals surface area contributed by atoms with Gasteiger partial charge in [0.15, 0.2) is 11.0 Å². The Morgan fingerprint density at radius 1 is 1.79 bits per heavy atom. The Labute approximate surface area is 87.4 Å². The molecule has 0 aliphatic heterocycles. The van der Waals surface area contributed by atoms with Crippen molar-refractivity contribution < 1.29 is 9.21 Å². The van der Waals surface area contributed by atoms with Crippen LogP contribution in [0, 0.1) is 12.3 Å². The lowest BCUT2D eigenvalue weighted by molar-refractivity contribution is 0.0917. The molecule has 0 spiro atoms. The standard InChI is InChI=1S/C10H10ClNO2/c1-3-7(4-2)12-10(13)8-5-6-9(11)14-8/h1,5-7H,4H2,2H3,(H,12,13). The summed E-state index contributed by atoms with van der Waals surface area (Å²) in [6, 6.07) is 2.74. The maximum Gasteiger partial charge on any atom is 0.288 e. The molecule has 74 valence electrons. The van der Waals surface area contributed by atoms with Crippen LogP contribution < -0.4 is 5.32 Å². The molecular weight excluding hydrogens is 202 g/mol. The SMILES string of the molecule is C#CC(CC)NC(=O)c1ccc(Cl)o1. The highest BCUT2D eigenvalue weighted by Gasteiger charge is 2.13. The molecule has 4 heteroatoms. The highest BCUT2D eigenvalue weighted by Crippen LogP contribution is 2.12. The van der Waals surface area contributed by atoms with Gasteiger partial charge < -0.3 is 9.73 Å². The quantitative estimate of drug-likeness (QED) is 0.778. The lowest BCUT2D eigenvalue weighted by atomic mass is 10.2. The van der Waals surface area contributed by atoms with E-state index < -0.39 is 0 Å². The fraction of sp³-hybridized carbons (Fsp3) is 0.300. The second kappa shape index (κ2) is 4.73. The number of hydrogen-bond acceptors (Lipinski definition) is 2. The van der Waals surface area contributed by atoms with Gasteiger partial charge in [0.1, 0.15) is 0 Å². The highest BCUT2D eigenvalue weighted by atomic mass is 35.5. The van der Waals surface area contributed by atoms with E-state index in [4.69, 9.17) is 22.4 Å². The van der Waals surface area contributed by atoms with Gasteiger partial charge in [0.05, 0.1) is 6.04 Å². The first-order valence-corrected chi connectivity index (χ1v) is 4.57. The summed E-state index contributed by atoms with van der Waals surface area (Å²) in [6.07, 6.45) is 5.87. The lowest BCUT2D eigenvalue weighted by Gasteiger charge is -2.08. The second-order valence-electron chi connectivity index (χ2n) is 2.70. The molecule has 1 amide bonds. The topological polar surface area (TPSA) is 42.2 Å². The monoisotopic (exact) mass is 211 g/mol. The first-order chi connectivity index (χ1) is 6.67. The summed E-state index contributed by atoms with van der Waals surface area (Å²) in [7, 11) is 0. The van der Waals surface area contributed by atoms with E-state index in [0.717, 1.165) is 0 Å². The van der Waals surface area contributed by atoms with Gasteiger partial charge in [-0.3, -0.25) is 4.79 Å². The normalized spacial score (nSPS) is 11.8. The van der Waals surface area contributed by atoms with Gasteiger partial charge in [0.2, 0.25) is 0 Å². The van der Waals surface area contributed by atoms with E-state index in [1.54, 1.807) is 0 Å². The van der Waals surface area contributed by atoms with Crippen molar-refractivity contribution in [3.8, 4) is 12.3 Å². The van der Waals surface area contributed by atoms with Crippen LogP contribution >= 0.6 is 11.6 Å². The van der Waals surface area contributed by atoms with E-state index in [-0.39, 0.29) is 22.9 Å². The third-order valence-corrected chi connectivity index (χ3v) is 1.91. The van der Waals surface area contributed by atoms with E-state index in [1.165, 1.54) is 12.1 Å². The van der Waals surface area contributed by atoms with Crippen LogP contribution in [0.1, 0.15) is 23.9 Å². The molecule has 1 aromatic heterocycles. The van der Waals surface area contributed by atoms with Crippen molar-refractivity contribution in [2.45, 2.75) is 19.4 Å². The number of nitrogens with one attached hydrogen (secondary N) is 1. The molecule has 0 aliphatic carbocycles. The molecule has 1 aromatic rings. The highest BCUT2D eigenvalue weighted by molar-refractivity contribution is 6.29. The summed E-state index contributed by atoms with van der Waals surface area (Å²) in [5.74, 6) is 2.28. The minimum absolute atomic E-state index is 0.170. The summed E-state index contributed by atoms with van der Waals surface area (Å²) >= 11 is 5.52. The van der Waals surface area contributed by atoms with Crippen molar-refractivity contribution in [3.05, 3.63) is 23.1 Å². The summed E-state index contributed by atoms with van der Waals surface area (Å²) in [6.45, 7) is 1.89. The first-order valence-electron chi connectivity index (χ1n) is 4.19. The largest absolute Gasteiger partial charge is 0.440 e. The molecule has 1 unspecified atom stereocenters. The average Bonchev–Trinajstić information content (AvgIpc) is 2.61. The molecule has 0 saturated carbocycles. The molecule has 0 fully saturated rings. The predicted molar refractivity (Wildman–Crippen MR) is 54.1 cm³/mol. The van der Waals surface area contributed by atoms with Crippen molar-refractivity contribution in [2.75, 3.05) is 0 Å². The molecule has 3 nitrogen and oxygen atoms in total. The van der Waals surface area contributed by atoms with Crippen molar-refractivity contribution in [2.24, 2.45) is 0 Å². The number of amides is 1. The van der Waals surface area contributed by atoms with E-state index in [1.807, 2.05) is 6.92 Å². The van der Waals surface area contributed by atoms with Gasteiger partial charge in [0.25, 0.3) is 5.91 Å². The first kappa shape index (κ1) is 10.7. The molecule has 1 atom stereocenters. The van der Waals surface area contributed by atoms with Crippen LogP contribution in [0.2, 0.25) is 5.22 Å². The van der Waals surface area contributed by atoms with Gasteiger partial charge in [-0.15, -0.1) is 6.42 Å². The Hall–Kier alpha value is -1.40. The van der Waals surface area contributed by atoms with Crippen molar-refractivity contribution in [1.82, 2.24) is 5.32 Å². The Morgan fingerprint density at radius 2 is 2.50 bits per heavy atom. The fourth-order valence-corrected chi connectivity index (χ4v) is 1.07. The molecule has 0 radical (unpaired) electrons. The molecule has 1 rings (SSSR count). The number of halogens is 1. The van der Waals surface area contributed by atoms with Crippen molar-refractivity contribution >= 4 is 17.5 Å². The Bertz CT molecular complexity index is 364.